The number of fused-ring (bicyclic) bond motifs is 2. The Morgan fingerprint density at radius 3 is 2.60 bits per heavy atom. The summed E-state index contributed by atoms with van der Waals surface area (Å²) in [5, 5.41) is 0. The zero-order chi connectivity index (χ0) is 18.0. The molecule has 2 aliphatic heterocycles. The summed E-state index contributed by atoms with van der Waals surface area (Å²) in [5.74, 6) is -1.06. The molecule has 1 aromatic carbocycles. The average Bonchev–Trinajstić information content (AvgIpc) is 2.86. The number of halogens is 1. The van der Waals surface area contributed by atoms with E-state index >= 15 is 0 Å². The van der Waals surface area contributed by atoms with Crippen molar-refractivity contribution in [3.05, 3.63) is 35.6 Å². The molecule has 0 aliphatic carbocycles. The molecule has 0 N–H and O–H groups in total. The Labute approximate surface area is 147 Å². The Morgan fingerprint density at radius 1 is 1.24 bits per heavy atom. The molecule has 2 bridgehead atoms. The lowest BCUT2D eigenvalue weighted by molar-refractivity contribution is -0.152. The summed E-state index contributed by atoms with van der Waals surface area (Å²) in [6, 6.07) is 6.83. The molecular weight excluding hydrogens is 325 g/mol. The first-order valence-corrected chi connectivity index (χ1v) is 8.73. The Kier molecular flexibility index (Phi) is 5.37. The third-order valence-corrected chi connectivity index (χ3v) is 5.49. The minimum Gasteiger partial charge on any atom is -0.469 e. The van der Waals surface area contributed by atoms with Crippen LogP contribution in [-0.2, 0) is 19.1 Å². The lowest BCUT2D eigenvalue weighted by Crippen LogP contribution is -2.51. The van der Waals surface area contributed by atoms with Crippen LogP contribution in [0.15, 0.2) is 24.3 Å². The van der Waals surface area contributed by atoms with Gasteiger partial charge in [-0.3, -0.25) is 14.5 Å². The maximum Gasteiger partial charge on any atom is 0.310 e. The number of ether oxygens (including phenoxy) is 2. The molecule has 4 atom stereocenters. The SMILES string of the molecule is COC(=O)[C@@H]1C2CCC(C[C@@H]1c1ccc(F)cc1)N2CCOC(C)=O. The zero-order valence-electron chi connectivity index (χ0n) is 14.6. The fourth-order valence-electron chi connectivity index (χ4n) is 4.47. The highest BCUT2D eigenvalue weighted by molar-refractivity contribution is 5.75. The van der Waals surface area contributed by atoms with Gasteiger partial charge in [0.1, 0.15) is 12.4 Å². The largest absolute Gasteiger partial charge is 0.469 e. The molecule has 2 heterocycles. The number of hydrogen-bond donors (Lipinski definition) is 0. The molecule has 1 aromatic rings. The molecule has 0 saturated carbocycles. The normalized spacial score (nSPS) is 28.6. The molecule has 25 heavy (non-hydrogen) atoms. The summed E-state index contributed by atoms with van der Waals surface area (Å²) >= 11 is 0. The molecule has 0 amide bonds. The van der Waals surface area contributed by atoms with Crippen LogP contribution >= 0.6 is 0 Å². The van der Waals surface area contributed by atoms with Gasteiger partial charge in [-0.25, -0.2) is 4.39 Å². The van der Waals surface area contributed by atoms with E-state index in [0.29, 0.717) is 19.2 Å². The maximum atomic E-state index is 13.3. The van der Waals surface area contributed by atoms with Gasteiger partial charge in [-0.2, -0.15) is 0 Å². The summed E-state index contributed by atoms with van der Waals surface area (Å²) < 4.78 is 23.4. The molecule has 0 radical (unpaired) electrons. The van der Waals surface area contributed by atoms with Crippen LogP contribution in [0.5, 0.6) is 0 Å². The first-order valence-electron chi connectivity index (χ1n) is 8.73. The Morgan fingerprint density at radius 2 is 1.96 bits per heavy atom. The number of carbonyl (C=O) groups excluding carboxylic acids is 2. The second kappa shape index (κ2) is 7.52. The van der Waals surface area contributed by atoms with Gasteiger partial charge in [0.05, 0.1) is 13.0 Å². The van der Waals surface area contributed by atoms with Gasteiger partial charge in [-0.05, 0) is 37.0 Å². The van der Waals surface area contributed by atoms with E-state index in [0.717, 1.165) is 24.8 Å². The molecule has 2 fully saturated rings. The topological polar surface area (TPSA) is 55.8 Å². The summed E-state index contributed by atoms with van der Waals surface area (Å²) in [5.41, 5.74) is 0.980. The zero-order valence-corrected chi connectivity index (χ0v) is 14.6. The van der Waals surface area contributed by atoms with E-state index in [1.54, 1.807) is 12.1 Å². The van der Waals surface area contributed by atoms with Gasteiger partial charge < -0.3 is 9.47 Å². The Hall–Kier alpha value is -1.95. The van der Waals surface area contributed by atoms with Gasteiger partial charge in [0, 0.05) is 31.5 Å². The van der Waals surface area contributed by atoms with Crippen molar-refractivity contribution in [2.24, 2.45) is 5.92 Å². The van der Waals surface area contributed by atoms with Crippen molar-refractivity contribution in [2.45, 2.75) is 44.2 Å². The van der Waals surface area contributed by atoms with Crippen molar-refractivity contribution in [1.82, 2.24) is 4.90 Å². The van der Waals surface area contributed by atoms with Gasteiger partial charge in [0.25, 0.3) is 0 Å². The minimum atomic E-state index is -0.293. The van der Waals surface area contributed by atoms with Crippen LogP contribution in [0.1, 0.15) is 37.7 Å². The smallest absolute Gasteiger partial charge is 0.310 e. The van der Waals surface area contributed by atoms with E-state index in [9.17, 15) is 14.0 Å². The summed E-state index contributed by atoms with van der Waals surface area (Å²) in [7, 11) is 1.41. The third-order valence-electron chi connectivity index (χ3n) is 5.49. The number of hydrogen-bond acceptors (Lipinski definition) is 5. The Bertz CT molecular complexity index is 633. The van der Waals surface area contributed by atoms with Gasteiger partial charge >= 0.3 is 11.9 Å². The number of carbonyl (C=O) groups is 2. The van der Waals surface area contributed by atoms with Crippen LogP contribution < -0.4 is 0 Å². The number of methoxy groups -OCH3 is 1. The van der Waals surface area contributed by atoms with E-state index in [1.165, 1.54) is 26.2 Å². The maximum absolute atomic E-state index is 13.3. The third kappa shape index (κ3) is 3.68. The first kappa shape index (κ1) is 17.9. The van der Waals surface area contributed by atoms with Crippen LogP contribution in [0.25, 0.3) is 0 Å². The van der Waals surface area contributed by atoms with Crippen molar-refractivity contribution < 1.29 is 23.5 Å². The van der Waals surface area contributed by atoms with Crippen molar-refractivity contribution >= 4 is 11.9 Å². The predicted octanol–water partition coefficient (Wildman–Crippen LogP) is 2.50. The van der Waals surface area contributed by atoms with E-state index < -0.39 is 0 Å². The van der Waals surface area contributed by atoms with E-state index in [1.807, 2.05) is 0 Å². The second-order valence-electron chi connectivity index (χ2n) is 6.82. The lowest BCUT2D eigenvalue weighted by atomic mass is 9.76. The molecule has 2 aliphatic rings. The summed E-state index contributed by atoms with van der Waals surface area (Å²) in [6.07, 6.45) is 2.75. The summed E-state index contributed by atoms with van der Waals surface area (Å²) in [4.78, 5) is 25.8. The quantitative estimate of drug-likeness (QED) is 0.765. The highest BCUT2D eigenvalue weighted by Crippen LogP contribution is 2.47. The highest BCUT2D eigenvalue weighted by Gasteiger charge is 2.50. The molecule has 2 unspecified atom stereocenters. The van der Waals surface area contributed by atoms with Crippen LogP contribution in [0, 0.1) is 11.7 Å². The number of esters is 2. The molecule has 5 nitrogen and oxygen atoms in total. The lowest BCUT2D eigenvalue weighted by Gasteiger charge is -2.43. The average molecular weight is 349 g/mol. The van der Waals surface area contributed by atoms with Crippen LogP contribution in [0.4, 0.5) is 4.39 Å². The molecule has 0 aromatic heterocycles. The van der Waals surface area contributed by atoms with E-state index in [2.05, 4.69) is 4.90 Å². The van der Waals surface area contributed by atoms with Crippen molar-refractivity contribution in [3.63, 3.8) is 0 Å². The minimum absolute atomic E-state index is 0.0236. The van der Waals surface area contributed by atoms with Gasteiger partial charge in [-0.1, -0.05) is 12.1 Å². The number of rotatable bonds is 5. The molecule has 0 spiro atoms. The number of piperidine rings is 1. The molecule has 2 saturated heterocycles. The van der Waals surface area contributed by atoms with Crippen molar-refractivity contribution in [2.75, 3.05) is 20.3 Å². The van der Waals surface area contributed by atoms with Gasteiger partial charge in [-0.15, -0.1) is 0 Å². The van der Waals surface area contributed by atoms with Gasteiger partial charge in [0.15, 0.2) is 0 Å². The molecule has 6 heteroatoms. The summed E-state index contributed by atoms with van der Waals surface area (Å²) in [6.45, 7) is 2.35. The first-order chi connectivity index (χ1) is 12.0. The Balaban J connectivity index is 1.82. The second-order valence-corrected chi connectivity index (χ2v) is 6.82. The molecule has 136 valence electrons. The molecular formula is C19H24FNO4. The fraction of sp³-hybridized carbons (Fsp3) is 0.579. The number of nitrogens with zero attached hydrogens (tertiary/aromatic N) is 1. The monoisotopic (exact) mass is 349 g/mol. The van der Waals surface area contributed by atoms with Crippen LogP contribution in [-0.4, -0.2) is 49.2 Å². The predicted molar refractivity (Wildman–Crippen MR) is 89.4 cm³/mol. The van der Waals surface area contributed by atoms with Crippen molar-refractivity contribution in [1.29, 1.82) is 0 Å². The number of benzene rings is 1. The van der Waals surface area contributed by atoms with Crippen LogP contribution in [0.2, 0.25) is 0 Å². The fourth-order valence-corrected chi connectivity index (χ4v) is 4.47. The van der Waals surface area contributed by atoms with Crippen LogP contribution in [0.3, 0.4) is 0 Å². The van der Waals surface area contributed by atoms with E-state index in [4.69, 9.17) is 9.47 Å². The van der Waals surface area contributed by atoms with Gasteiger partial charge in [0.2, 0.25) is 0 Å². The standard InChI is InChI=1S/C19H24FNO4/c1-12(22)25-10-9-21-15-7-8-17(21)18(19(23)24-2)16(11-15)13-3-5-14(20)6-4-13/h3-6,15-18H,7-11H2,1-2H3/t15?,16-,17?,18+/m1/s1. The molecule has 3 rings (SSSR count). The van der Waals surface area contributed by atoms with E-state index in [-0.39, 0.29) is 35.6 Å². The van der Waals surface area contributed by atoms with Crippen molar-refractivity contribution in [3.8, 4) is 0 Å². The highest BCUT2D eigenvalue weighted by atomic mass is 19.1.